The highest BCUT2D eigenvalue weighted by Crippen LogP contribution is 2.19. The fourth-order valence-electron chi connectivity index (χ4n) is 1.70. The Labute approximate surface area is 104 Å². The number of aliphatic hydroxyl groups is 4. The molecule has 7 heteroatoms. The summed E-state index contributed by atoms with van der Waals surface area (Å²) in [6.45, 7) is -0.549. The Morgan fingerprint density at radius 3 is 2.56 bits per heavy atom. The van der Waals surface area contributed by atoms with E-state index >= 15 is 0 Å². The second kappa shape index (κ2) is 6.68. The van der Waals surface area contributed by atoms with E-state index in [1.165, 1.54) is 0 Å². The molecule has 1 saturated heterocycles. The van der Waals surface area contributed by atoms with Gasteiger partial charge in [-0.3, -0.25) is 4.79 Å². The number of ether oxygens (including phenoxy) is 1. The van der Waals surface area contributed by atoms with Crippen LogP contribution in [0.1, 0.15) is 12.8 Å². The van der Waals surface area contributed by atoms with E-state index in [1.807, 2.05) is 0 Å². The van der Waals surface area contributed by atoms with E-state index in [-0.39, 0.29) is 12.8 Å². The van der Waals surface area contributed by atoms with Gasteiger partial charge in [-0.05, 0) is 0 Å². The molecular weight excluding hydrogens is 242 g/mol. The van der Waals surface area contributed by atoms with Crippen LogP contribution in [0.3, 0.4) is 0 Å². The molecule has 5 atom stereocenters. The van der Waals surface area contributed by atoms with Crippen LogP contribution in [0.5, 0.6) is 0 Å². The minimum atomic E-state index is -1.50. The number of rotatable bonds is 4. The summed E-state index contributed by atoms with van der Waals surface area (Å²) in [7, 11) is 0. The van der Waals surface area contributed by atoms with Crippen molar-refractivity contribution in [3.8, 4) is 12.3 Å². The van der Waals surface area contributed by atoms with Crippen molar-refractivity contribution in [2.75, 3.05) is 6.61 Å². The predicted octanol–water partition coefficient (Wildman–Crippen LogP) is -2.68. The molecule has 0 aromatic carbocycles. The zero-order chi connectivity index (χ0) is 13.7. The Balaban J connectivity index is 2.60. The second-order valence-electron chi connectivity index (χ2n) is 4.03. The average molecular weight is 259 g/mol. The molecule has 7 nitrogen and oxygen atoms in total. The third-order valence-corrected chi connectivity index (χ3v) is 2.72. The molecule has 0 aliphatic carbocycles. The van der Waals surface area contributed by atoms with Gasteiger partial charge >= 0.3 is 0 Å². The van der Waals surface area contributed by atoms with Crippen LogP contribution >= 0.6 is 0 Å². The topological polar surface area (TPSA) is 119 Å². The van der Waals surface area contributed by atoms with E-state index < -0.39 is 43.2 Å². The van der Waals surface area contributed by atoms with Crippen LogP contribution < -0.4 is 5.32 Å². The molecule has 1 aliphatic rings. The fraction of sp³-hybridized carbons (Fsp3) is 0.727. The van der Waals surface area contributed by atoms with Gasteiger partial charge in [-0.15, -0.1) is 12.3 Å². The molecule has 5 N–H and O–H groups in total. The quantitative estimate of drug-likeness (QED) is 0.351. The van der Waals surface area contributed by atoms with E-state index in [2.05, 4.69) is 11.2 Å². The summed E-state index contributed by atoms with van der Waals surface area (Å²) in [5, 5.41) is 40.1. The van der Waals surface area contributed by atoms with Gasteiger partial charge in [0, 0.05) is 12.8 Å². The van der Waals surface area contributed by atoms with Gasteiger partial charge in [-0.2, -0.15) is 0 Å². The minimum absolute atomic E-state index is 0.0476. The van der Waals surface area contributed by atoms with Crippen molar-refractivity contribution in [3.05, 3.63) is 0 Å². The van der Waals surface area contributed by atoms with Gasteiger partial charge < -0.3 is 30.5 Å². The molecule has 102 valence electrons. The maximum atomic E-state index is 11.4. The number of hydrogen-bond acceptors (Lipinski definition) is 6. The zero-order valence-electron chi connectivity index (χ0n) is 9.69. The molecule has 0 radical (unpaired) electrons. The lowest BCUT2D eigenvalue weighted by Crippen LogP contribution is -2.64. The third kappa shape index (κ3) is 3.41. The number of carbonyl (C=O) groups is 1. The second-order valence-corrected chi connectivity index (χ2v) is 4.03. The fourth-order valence-corrected chi connectivity index (χ4v) is 1.70. The maximum absolute atomic E-state index is 11.4. The average Bonchev–Trinajstić information content (AvgIpc) is 2.36. The van der Waals surface area contributed by atoms with Crippen molar-refractivity contribution >= 4 is 5.91 Å². The molecule has 0 saturated carbocycles. The highest BCUT2D eigenvalue weighted by Gasteiger charge is 2.44. The van der Waals surface area contributed by atoms with E-state index in [0.717, 1.165) is 0 Å². The Morgan fingerprint density at radius 1 is 1.33 bits per heavy atom. The summed E-state index contributed by atoms with van der Waals surface area (Å²) in [6.07, 6.45) is -0.137. The lowest BCUT2D eigenvalue weighted by Gasteiger charge is -2.40. The van der Waals surface area contributed by atoms with Crippen molar-refractivity contribution < 1.29 is 30.0 Å². The lowest BCUT2D eigenvalue weighted by molar-refractivity contribution is -0.253. The molecule has 1 fully saturated rings. The normalized spacial score (nSPS) is 35.8. The van der Waals surface area contributed by atoms with Crippen molar-refractivity contribution in [1.82, 2.24) is 5.32 Å². The van der Waals surface area contributed by atoms with Crippen LogP contribution in [0.25, 0.3) is 0 Å². The van der Waals surface area contributed by atoms with Crippen LogP contribution in [-0.4, -0.2) is 63.6 Å². The Hall–Kier alpha value is -1.17. The standard InChI is InChI=1S/C11H17NO6/c1-2-3-4-7(14)12-8-10(16)9(15)6(5-13)18-11(8)17/h1,6,8-11,13,15-17H,3-5H2,(H,12,14)/t6?,8?,9?,10-,11?/m1/s1. The Morgan fingerprint density at radius 2 is 2.00 bits per heavy atom. The monoisotopic (exact) mass is 259 g/mol. The summed E-state index contributed by atoms with van der Waals surface area (Å²) < 4.78 is 4.88. The first-order valence-electron chi connectivity index (χ1n) is 5.54. The predicted molar refractivity (Wildman–Crippen MR) is 60.0 cm³/mol. The van der Waals surface area contributed by atoms with Gasteiger partial charge in [0.2, 0.25) is 5.91 Å². The van der Waals surface area contributed by atoms with Gasteiger partial charge in [-0.25, -0.2) is 0 Å². The maximum Gasteiger partial charge on any atom is 0.221 e. The van der Waals surface area contributed by atoms with Crippen LogP contribution in [0, 0.1) is 12.3 Å². The number of aliphatic hydroxyl groups excluding tert-OH is 4. The molecule has 4 unspecified atom stereocenters. The lowest BCUT2D eigenvalue weighted by atomic mass is 9.97. The summed E-state index contributed by atoms with van der Waals surface area (Å²) in [5.41, 5.74) is 0. The van der Waals surface area contributed by atoms with Crippen LogP contribution in [-0.2, 0) is 9.53 Å². The molecule has 1 rings (SSSR count). The summed E-state index contributed by atoms with van der Waals surface area (Å²) in [4.78, 5) is 11.4. The smallest absolute Gasteiger partial charge is 0.221 e. The first-order chi connectivity index (χ1) is 8.51. The number of terminal acetylenes is 1. The van der Waals surface area contributed by atoms with Crippen LogP contribution in [0.4, 0.5) is 0 Å². The number of carbonyl (C=O) groups excluding carboxylic acids is 1. The molecular formula is C11H17NO6. The Bertz CT molecular complexity index is 328. The highest BCUT2D eigenvalue weighted by atomic mass is 16.6. The summed E-state index contributed by atoms with van der Waals surface area (Å²) >= 11 is 0. The summed E-state index contributed by atoms with van der Waals surface area (Å²) in [6, 6.07) is -1.16. The molecule has 1 heterocycles. The zero-order valence-corrected chi connectivity index (χ0v) is 9.69. The van der Waals surface area contributed by atoms with Crippen molar-refractivity contribution in [2.45, 2.75) is 43.5 Å². The molecule has 18 heavy (non-hydrogen) atoms. The highest BCUT2D eigenvalue weighted by molar-refractivity contribution is 5.76. The molecule has 0 aromatic heterocycles. The van der Waals surface area contributed by atoms with E-state index in [4.69, 9.17) is 16.3 Å². The van der Waals surface area contributed by atoms with Gasteiger partial charge in [0.1, 0.15) is 24.4 Å². The first kappa shape index (κ1) is 14.9. The van der Waals surface area contributed by atoms with E-state index in [0.29, 0.717) is 0 Å². The van der Waals surface area contributed by atoms with Crippen molar-refractivity contribution in [1.29, 1.82) is 0 Å². The van der Waals surface area contributed by atoms with Gasteiger partial charge in [-0.1, -0.05) is 0 Å². The minimum Gasteiger partial charge on any atom is -0.394 e. The molecule has 1 amide bonds. The van der Waals surface area contributed by atoms with Crippen molar-refractivity contribution in [3.63, 3.8) is 0 Å². The third-order valence-electron chi connectivity index (χ3n) is 2.72. The SMILES string of the molecule is C#CCCC(=O)NC1C(O)OC(CO)C(O)[C@@H]1O. The van der Waals surface area contributed by atoms with E-state index in [9.17, 15) is 20.1 Å². The number of nitrogens with one attached hydrogen (secondary N) is 1. The van der Waals surface area contributed by atoms with Crippen LogP contribution in [0.2, 0.25) is 0 Å². The molecule has 0 spiro atoms. The molecule has 0 bridgehead atoms. The number of hydrogen-bond donors (Lipinski definition) is 5. The van der Waals surface area contributed by atoms with Gasteiger partial charge in [0.05, 0.1) is 6.61 Å². The molecule has 1 aliphatic heterocycles. The Kier molecular flexibility index (Phi) is 5.53. The van der Waals surface area contributed by atoms with E-state index in [1.54, 1.807) is 0 Å². The number of amides is 1. The van der Waals surface area contributed by atoms with Gasteiger partial charge in [0.15, 0.2) is 6.29 Å². The first-order valence-corrected chi connectivity index (χ1v) is 5.54. The largest absolute Gasteiger partial charge is 0.394 e. The van der Waals surface area contributed by atoms with Crippen molar-refractivity contribution in [2.24, 2.45) is 0 Å². The van der Waals surface area contributed by atoms with Gasteiger partial charge in [0.25, 0.3) is 0 Å². The molecule has 0 aromatic rings. The van der Waals surface area contributed by atoms with Crippen LogP contribution in [0.15, 0.2) is 0 Å². The summed E-state index contributed by atoms with van der Waals surface area (Å²) in [5.74, 6) is 1.82.